The molecule has 280 valence electrons. The van der Waals surface area contributed by atoms with Crippen LogP contribution in [0.5, 0.6) is 0 Å². The second kappa shape index (κ2) is 12.4. The lowest BCUT2D eigenvalue weighted by atomic mass is 9.88. The van der Waals surface area contributed by atoms with Gasteiger partial charge in [-0.15, -0.1) is 0 Å². The minimum absolute atomic E-state index is 0.333. The Labute approximate surface area is 347 Å². The van der Waals surface area contributed by atoms with Gasteiger partial charge < -0.3 is 8.98 Å². The Morgan fingerprint density at radius 3 is 1.70 bits per heavy atom. The molecule has 0 fully saturated rings. The van der Waals surface area contributed by atoms with Gasteiger partial charge in [-0.05, 0) is 69.1 Å². The number of hydrogen-bond donors (Lipinski definition) is 0. The van der Waals surface area contributed by atoms with E-state index in [9.17, 15) is 5.26 Å². The molecule has 5 heterocycles. The molecule has 0 amide bonds. The highest BCUT2D eigenvalue weighted by Crippen LogP contribution is 2.53. The smallest absolute Gasteiger partial charge is 0.220 e. The van der Waals surface area contributed by atoms with Crippen LogP contribution >= 0.6 is 0 Å². The minimum Gasteiger partial charge on any atom is -0.456 e. The lowest BCUT2D eigenvalue weighted by Gasteiger charge is -2.25. The molecule has 0 radical (unpaired) electrons. The van der Waals surface area contributed by atoms with Gasteiger partial charge in [0.05, 0.1) is 39.9 Å². The maximum atomic E-state index is 11.8. The topological polar surface area (TPSA) is 76.9 Å². The van der Waals surface area contributed by atoms with E-state index in [2.05, 4.69) is 98.9 Å². The van der Waals surface area contributed by atoms with Gasteiger partial charge in [-0.1, -0.05) is 121 Å². The number of fused-ring (bicyclic) bond motifs is 10. The van der Waals surface area contributed by atoms with E-state index < -0.39 is 0 Å². The predicted octanol–water partition coefficient (Wildman–Crippen LogP) is 14.1. The number of benzene rings is 8. The number of nitrogens with zero attached hydrogens (tertiary/aromatic N) is 6. The van der Waals surface area contributed by atoms with Crippen LogP contribution in [0.4, 0.5) is 5.69 Å². The zero-order valence-corrected chi connectivity index (χ0v) is 32.3. The zero-order chi connectivity index (χ0) is 40.3. The maximum absolute atomic E-state index is 11.8. The summed E-state index contributed by atoms with van der Waals surface area (Å²) in [5.74, 6) is 0. The normalized spacial score (nSPS) is 11.9. The number of nitriles is 1. The number of aromatic nitrogens is 4. The average Bonchev–Trinajstić information content (AvgIpc) is 3.99. The molecule has 13 aromatic rings. The molecule has 0 bridgehead atoms. The Morgan fingerprint density at radius 2 is 1.07 bits per heavy atom. The number of furan rings is 1. The summed E-state index contributed by atoms with van der Waals surface area (Å²) in [4.78, 5) is 14.7. The first-order chi connectivity index (χ1) is 30.2. The maximum Gasteiger partial charge on any atom is 0.220 e. The van der Waals surface area contributed by atoms with Crippen molar-refractivity contribution in [2.45, 2.75) is 0 Å². The molecule has 5 aromatic heterocycles. The molecular formula is C54H28N6O. The number of rotatable bonds is 4. The molecule has 0 spiro atoms. The van der Waals surface area contributed by atoms with E-state index in [1.54, 1.807) is 0 Å². The van der Waals surface area contributed by atoms with Gasteiger partial charge >= 0.3 is 0 Å². The van der Waals surface area contributed by atoms with Gasteiger partial charge in [-0.3, -0.25) is 4.57 Å². The van der Waals surface area contributed by atoms with Crippen LogP contribution in [0.25, 0.3) is 126 Å². The third-order valence-corrected chi connectivity index (χ3v) is 12.4. The first-order valence-electron chi connectivity index (χ1n) is 20.1. The fourth-order valence-electron chi connectivity index (χ4n) is 10.1. The first kappa shape index (κ1) is 33.2. The third kappa shape index (κ3) is 4.33. The Bertz CT molecular complexity index is 3980. The van der Waals surface area contributed by atoms with Crippen LogP contribution in [-0.4, -0.2) is 19.1 Å². The molecule has 0 aliphatic rings. The summed E-state index contributed by atoms with van der Waals surface area (Å²) < 4.78 is 10.9. The van der Waals surface area contributed by atoms with Crippen LogP contribution in [0.3, 0.4) is 0 Å². The van der Waals surface area contributed by atoms with Gasteiger partial charge in [-0.25, -0.2) is 14.8 Å². The molecule has 7 nitrogen and oxygen atoms in total. The molecule has 8 aromatic carbocycles. The van der Waals surface area contributed by atoms with Crippen LogP contribution in [-0.2, 0) is 0 Å². The lowest BCUT2D eigenvalue weighted by Crippen LogP contribution is -2.09. The van der Waals surface area contributed by atoms with Crippen LogP contribution in [0.15, 0.2) is 175 Å². The molecule has 7 heteroatoms. The SMILES string of the molecule is [C-]#[N+]c1c(-c2ccccc2)c(C#N)c(-n2c3ccccc3c3ccc4oc5ccccc5c4c32)c(-c2ccccc2)c1-n1c2nccc3c4ccccc4c4ccnc1c4c32. The van der Waals surface area contributed by atoms with Gasteiger partial charge in [0.2, 0.25) is 5.69 Å². The highest BCUT2D eigenvalue weighted by atomic mass is 16.3. The Hall–Kier alpha value is -8.78. The predicted molar refractivity (Wildman–Crippen MR) is 246 cm³/mol. The summed E-state index contributed by atoms with van der Waals surface area (Å²) in [6.07, 6.45) is 3.70. The third-order valence-electron chi connectivity index (χ3n) is 12.4. The van der Waals surface area contributed by atoms with E-state index in [-0.39, 0.29) is 0 Å². The molecule has 0 aliphatic carbocycles. The molecule has 0 atom stereocenters. The summed E-state index contributed by atoms with van der Waals surface area (Å²) in [6, 6.07) is 55.9. The van der Waals surface area contributed by atoms with Gasteiger partial charge in [0.25, 0.3) is 0 Å². The molecule has 0 unspecified atom stereocenters. The number of para-hydroxylation sites is 2. The largest absolute Gasteiger partial charge is 0.456 e. The van der Waals surface area contributed by atoms with E-state index in [1.807, 2.05) is 91.3 Å². The number of pyridine rings is 2. The van der Waals surface area contributed by atoms with Gasteiger partial charge in [-0.2, -0.15) is 5.26 Å². The molecule has 0 saturated heterocycles. The number of hydrogen-bond acceptors (Lipinski definition) is 4. The van der Waals surface area contributed by atoms with Crippen molar-refractivity contribution in [3.05, 3.63) is 187 Å². The van der Waals surface area contributed by atoms with Gasteiger partial charge in [0.1, 0.15) is 28.5 Å². The van der Waals surface area contributed by atoms with Crippen LogP contribution in [0.1, 0.15) is 5.56 Å². The quantitative estimate of drug-likeness (QED) is 0.132. The standard InChI is InChI=1S/C54H28N6O/c1-56-49-44(31-14-4-2-5-15-31)40(30-55)51(59-41-22-12-10-20-35(41)38-24-25-43-46(50(38)59)39-21-11-13-23-42(39)61-43)45(32-16-6-3-7-17-32)52(49)60-53-47-36(26-28-57-53)33-18-8-9-19-34(33)37-27-29-58-54(60)48(37)47/h2-29H. The monoisotopic (exact) mass is 776 g/mol. The van der Waals surface area contributed by atoms with Crippen molar-refractivity contribution in [1.82, 2.24) is 19.1 Å². The second-order valence-corrected chi connectivity index (χ2v) is 15.4. The molecule has 13 rings (SSSR count). The van der Waals surface area contributed by atoms with Crippen molar-refractivity contribution in [3.63, 3.8) is 0 Å². The minimum atomic E-state index is 0.333. The molecule has 61 heavy (non-hydrogen) atoms. The van der Waals surface area contributed by atoms with E-state index in [0.717, 1.165) is 87.2 Å². The highest BCUT2D eigenvalue weighted by molar-refractivity contribution is 6.33. The Balaban J connectivity index is 1.35. The summed E-state index contributed by atoms with van der Waals surface area (Å²) >= 11 is 0. The summed E-state index contributed by atoms with van der Waals surface area (Å²) in [7, 11) is 0. The summed E-state index contributed by atoms with van der Waals surface area (Å²) in [5, 5.41) is 22.1. The zero-order valence-electron chi connectivity index (χ0n) is 32.3. The lowest BCUT2D eigenvalue weighted by molar-refractivity contribution is 0.669. The van der Waals surface area contributed by atoms with Crippen molar-refractivity contribution < 1.29 is 4.42 Å². The van der Waals surface area contributed by atoms with Crippen molar-refractivity contribution >= 4 is 93.0 Å². The summed E-state index contributed by atoms with van der Waals surface area (Å²) in [5.41, 5.74) is 9.53. The van der Waals surface area contributed by atoms with Crippen molar-refractivity contribution in [1.29, 1.82) is 5.26 Å². The first-order valence-corrected chi connectivity index (χ1v) is 20.1. The van der Waals surface area contributed by atoms with E-state index in [1.165, 1.54) is 0 Å². The van der Waals surface area contributed by atoms with Crippen LogP contribution < -0.4 is 0 Å². The van der Waals surface area contributed by atoms with E-state index >= 15 is 0 Å². The van der Waals surface area contributed by atoms with Crippen molar-refractivity contribution in [3.8, 4) is 39.7 Å². The van der Waals surface area contributed by atoms with Gasteiger partial charge in [0.15, 0.2) is 0 Å². The second-order valence-electron chi connectivity index (χ2n) is 15.4. The fourth-order valence-corrected chi connectivity index (χ4v) is 10.1. The highest BCUT2D eigenvalue weighted by Gasteiger charge is 2.33. The molecule has 0 N–H and O–H groups in total. The summed E-state index contributed by atoms with van der Waals surface area (Å²) in [6.45, 7) is 9.15. The Kier molecular flexibility index (Phi) is 6.73. The van der Waals surface area contributed by atoms with E-state index in [4.69, 9.17) is 21.0 Å². The van der Waals surface area contributed by atoms with Crippen molar-refractivity contribution in [2.75, 3.05) is 0 Å². The molecular weight excluding hydrogens is 749 g/mol. The van der Waals surface area contributed by atoms with Crippen LogP contribution in [0.2, 0.25) is 0 Å². The fraction of sp³-hybridized carbons (Fsp3) is 0. The van der Waals surface area contributed by atoms with Crippen molar-refractivity contribution in [2.24, 2.45) is 0 Å². The van der Waals surface area contributed by atoms with E-state index in [0.29, 0.717) is 45.0 Å². The molecule has 0 saturated carbocycles. The van der Waals surface area contributed by atoms with Crippen LogP contribution in [0, 0.1) is 17.9 Å². The molecule has 0 aliphatic heterocycles. The average molecular weight is 777 g/mol. The van der Waals surface area contributed by atoms with Gasteiger partial charge in [0, 0.05) is 50.5 Å². The Morgan fingerprint density at radius 1 is 0.492 bits per heavy atom.